The molecule has 0 saturated carbocycles. The van der Waals surface area contributed by atoms with E-state index < -0.39 is 0 Å². The number of rotatable bonds is 6. The van der Waals surface area contributed by atoms with Gasteiger partial charge in [-0.2, -0.15) is 0 Å². The van der Waals surface area contributed by atoms with Crippen LogP contribution in [-0.4, -0.2) is 74.7 Å². The normalized spacial score (nSPS) is 20.9. The molecule has 1 N–H and O–H groups in total. The van der Waals surface area contributed by atoms with Gasteiger partial charge in [-0.25, -0.2) is 0 Å². The van der Waals surface area contributed by atoms with Gasteiger partial charge in [-0.05, 0) is 51.6 Å². The number of nitrogens with one attached hydrogen (secondary N) is 1. The van der Waals surface area contributed by atoms with Gasteiger partial charge in [0, 0.05) is 32.7 Å². The van der Waals surface area contributed by atoms with Crippen LogP contribution in [0.25, 0.3) is 0 Å². The molecule has 146 valence electrons. The van der Waals surface area contributed by atoms with Gasteiger partial charge in [-0.15, -0.1) is 24.0 Å². The average molecular weight is 466 g/mol. The number of carbonyl (C=O) groups is 1. The zero-order chi connectivity index (χ0) is 17.4. The van der Waals surface area contributed by atoms with E-state index in [4.69, 9.17) is 9.73 Å². The predicted molar refractivity (Wildman–Crippen MR) is 113 cm³/mol. The fraction of sp³-hybridized carbons (Fsp3) is 0.889. The van der Waals surface area contributed by atoms with Crippen molar-refractivity contribution in [1.82, 2.24) is 15.1 Å². The number of carbonyl (C=O) groups excluding carboxylic acids is 1. The molecule has 2 rings (SSSR count). The second-order valence-corrected chi connectivity index (χ2v) is 7.09. The highest BCUT2D eigenvalue weighted by Gasteiger charge is 2.27. The van der Waals surface area contributed by atoms with Gasteiger partial charge in [0.05, 0.1) is 13.0 Å². The van der Waals surface area contributed by atoms with Gasteiger partial charge in [0.1, 0.15) is 0 Å². The van der Waals surface area contributed by atoms with Crippen molar-refractivity contribution in [2.24, 2.45) is 16.8 Å². The van der Waals surface area contributed by atoms with Crippen LogP contribution in [0.1, 0.15) is 39.5 Å². The topological polar surface area (TPSA) is 57.2 Å². The zero-order valence-corrected chi connectivity index (χ0v) is 18.3. The molecule has 25 heavy (non-hydrogen) atoms. The van der Waals surface area contributed by atoms with Crippen LogP contribution in [0.4, 0.5) is 0 Å². The summed E-state index contributed by atoms with van der Waals surface area (Å²) in [7, 11) is 1.47. The number of methoxy groups -OCH3 is 1. The summed E-state index contributed by atoms with van der Waals surface area (Å²) in [6, 6.07) is 0. The number of guanidine groups is 1. The number of aliphatic imine (C=N–C) groups is 1. The quantitative estimate of drug-likeness (QED) is 0.282. The third kappa shape index (κ3) is 7.29. The van der Waals surface area contributed by atoms with Crippen molar-refractivity contribution < 1.29 is 9.53 Å². The molecule has 2 aliphatic rings. The fourth-order valence-electron chi connectivity index (χ4n) is 3.63. The molecule has 0 bridgehead atoms. The number of halogens is 1. The van der Waals surface area contributed by atoms with Crippen molar-refractivity contribution in [2.45, 2.75) is 39.5 Å². The van der Waals surface area contributed by atoms with Gasteiger partial charge in [0.2, 0.25) is 0 Å². The van der Waals surface area contributed by atoms with Crippen molar-refractivity contribution in [1.29, 1.82) is 0 Å². The highest BCUT2D eigenvalue weighted by molar-refractivity contribution is 14.0. The molecule has 1 atom stereocenters. The first kappa shape index (κ1) is 22.5. The minimum atomic E-state index is -0.0733. The van der Waals surface area contributed by atoms with Crippen molar-refractivity contribution >= 4 is 35.9 Å². The summed E-state index contributed by atoms with van der Waals surface area (Å²) in [4.78, 5) is 21.3. The lowest BCUT2D eigenvalue weighted by Crippen LogP contribution is -2.47. The van der Waals surface area contributed by atoms with E-state index in [-0.39, 0.29) is 35.9 Å². The lowest BCUT2D eigenvalue weighted by molar-refractivity contribution is -0.146. The van der Waals surface area contributed by atoms with E-state index in [0.717, 1.165) is 51.5 Å². The molecular formula is C18H35IN4O2. The number of likely N-dealkylation sites (tertiary alicyclic amines) is 2. The Morgan fingerprint density at radius 2 is 1.88 bits per heavy atom. The molecule has 0 aromatic heterocycles. The molecule has 0 radical (unpaired) electrons. The third-order valence-corrected chi connectivity index (χ3v) is 4.99. The molecule has 2 aliphatic heterocycles. The van der Waals surface area contributed by atoms with E-state index in [1.54, 1.807) is 0 Å². The van der Waals surface area contributed by atoms with Crippen LogP contribution >= 0.6 is 24.0 Å². The molecule has 0 aromatic carbocycles. The summed E-state index contributed by atoms with van der Waals surface area (Å²) in [5, 5.41) is 3.41. The molecule has 2 heterocycles. The van der Waals surface area contributed by atoms with Crippen molar-refractivity contribution in [3.63, 3.8) is 0 Å². The summed E-state index contributed by atoms with van der Waals surface area (Å²) >= 11 is 0. The van der Waals surface area contributed by atoms with Gasteiger partial charge in [0.25, 0.3) is 0 Å². The highest BCUT2D eigenvalue weighted by atomic mass is 127. The number of ether oxygens (including phenoxy) is 1. The standard InChI is InChI=1S/C18H34N4O2.HI/c1-4-19-18(20-13-15(2)14-21-9-5-6-10-21)22-11-7-16(8-12-22)17(23)24-3;/h15-16H,4-14H2,1-3H3,(H,19,20);1H. The van der Waals surface area contributed by atoms with Crippen LogP contribution in [0, 0.1) is 11.8 Å². The van der Waals surface area contributed by atoms with Crippen LogP contribution in [-0.2, 0) is 9.53 Å². The van der Waals surface area contributed by atoms with Gasteiger partial charge in [-0.1, -0.05) is 6.92 Å². The van der Waals surface area contributed by atoms with Crippen LogP contribution in [0.2, 0.25) is 0 Å². The molecule has 2 saturated heterocycles. The number of hydrogen-bond donors (Lipinski definition) is 1. The Labute approximate surface area is 169 Å². The second-order valence-electron chi connectivity index (χ2n) is 7.09. The van der Waals surface area contributed by atoms with E-state index in [0.29, 0.717) is 5.92 Å². The third-order valence-electron chi connectivity index (χ3n) is 4.99. The minimum Gasteiger partial charge on any atom is -0.469 e. The van der Waals surface area contributed by atoms with E-state index in [1.165, 1.54) is 33.0 Å². The first-order chi connectivity index (χ1) is 11.6. The molecule has 0 amide bonds. The van der Waals surface area contributed by atoms with E-state index in [1.807, 2.05) is 0 Å². The summed E-state index contributed by atoms with van der Waals surface area (Å²) in [5.41, 5.74) is 0. The van der Waals surface area contributed by atoms with Crippen molar-refractivity contribution in [3.8, 4) is 0 Å². The first-order valence-corrected chi connectivity index (χ1v) is 9.47. The molecule has 6 nitrogen and oxygen atoms in total. The van der Waals surface area contributed by atoms with Crippen LogP contribution in [0.5, 0.6) is 0 Å². The minimum absolute atomic E-state index is 0. The smallest absolute Gasteiger partial charge is 0.308 e. The predicted octanol–water partition coefficient (Wildman–Crippen LogP) is 2.19. The molecule has 7 heteroatoms. The Balaban J connectivity index is 0.00000312. The molecular weight excluding hydrogens is 431 g/mol. The highest BCUT2D eigenvalue weighted by Crippen LogP contribution is 2.18. The SMILES string of the molecule is CCNC(=NCC(C)CN1CCCC1)N1CCC(C(=O)OC)CC1.I. The Morgan fingerprint density at radius 1 is 1.24 bits per heavy atom. The van der Waals surface area contributed by atoms with Gasteiger partial charge >= 0.3 is 5.97 Å². The van der Waals surface area contributed by atoms with Crippen LogP contribution in [0.3, 0.4) is 0 Å². The Morgan fingerprint density at radius 3 is 2.44 bits per heavy atom. The lowest BCUT2D eigenvalue weighted by atomic mass is 9.97. The van der Waals surface area contributed by atoms with Crippen LogP contribution in [0.15, 0.2) is 4.99 Å². The van der Waals surface area contributed by atoms with Crippen LogP contribution < -0.4 is 5.32 Å². The maximum Gasteiger partial charge on any atom is 0.308 e. The fourth-order valence-corrected chi connectivity index (χ4v) is 3.63. The largest absolute Gasteiger partial charge is 0.469 e. The summed E-state index contributed by atoms with van der Waals surface area (Å²) < 4.78 is 4.87. The number of hydrogen-bond acceptors (Lipinski definition) is 4. The first-order valence-electron chi connectivity index (χ1n) is 9.47. The van der Waals surface area contributed by atoms with Crippen molar-refractivity contribution in [2.75, 3.05) is 52.9 Å². The molecule has 2 fully saturated rings. The summed E-state index contributed by atoms with van der Waals surface area (Å²) in [6.07, 6.45) is 4.38. The Kier molecular flexibility index (Phi) is 10.7. The lowest BCUT2D eigenvalue weighted by Gasteiger charge is -2.33. The summed E-state index contributed by atoms with van der Waals surface area (Å²) in [6.45, 7) is 11.5. The van der Waals surface area contributed by atoms with Gasteiger partial charge in [0.15, 0.2) is 5.96 Å². The van der Waals surface area contributed by atoms with E-state index >= 15 is 0 Å². The molecule has 1 unspecified atom stereocenters. The number of nitrogens with zero attached hydrogens (tertiary/aromatic N) is 3. The van der Waals surface area contributed by atoms with E-state index in [9.17, 15) is 4.79 Å². The number of piperidine rings is 1. The van der Waals surface area contributed by atoms with Gasteiger partial charge < -0.3 is 19.9 Å². The Hall–Kier alpha value is -0.570. The van der Waals surface area contributed by atoms with E-state index in [2.05, 4.69) is 29.0 Å². The molecule has 0 spiro atoms. The monoisotopic (exact) mass is 466 g/mol. The Bertz CT molecular complexity index is 419. The average Bonchev–Trinajstić information content (AvgIpc) is 3.11. The van der Waals surface area contributed by atoms with Gasteiger partial charge in [-0.3, -0.25) is 9.79 Å². The zero-order valence-electron chi connectivity index (χ0n) is 16.0. The maximum atomic E-state index is 11.7. The maximum absolute atomic E-state index is 11.7. The molecule has 0 aliphatic carbocycles. The number of esters is 1. The second kappa shape index (κ2) is 11.9. The van der Waals surface area contributed by atoms with Crippen molar-refractivity contribution in [3.05, 3.63) is 0 Å². The summed E-state index contributed by atoms with van der Waals surface area (Å²) in [5.74, 6) is 1.54. The molecule has 0 aromatic rings.